The van der Waals surface area contributed by atoms with Gasteiger partial charge in [0.1, 0.15) is 6.54 Å². The fourth-order valence-electron chi connectivity index (χ4n) is 2.91. The Hall–Kier alpha value is -4.07. The third-order valence-corrected chi connectivity index (χ3v) is 4.43. The molecule has 0 saturated heterocycles. The molecule has 8 nitrogen and oxygen atoms in total. The van der Waals surface area contributed by atoms with Crippen molar-refractivity contribution in [2.75, 3.05) is 6.54 Å². The van der Waals surface area contributed by atoms with Gasteiger partial charge in [-0.3, -0.25) is 9.59 Å². The zero-order valence-electron chi connectivity index (χ0n) is 16.1. The van der Waals surface area contributed by atoms with Gasteiger partial charge in [0.25, 0.3) is 5.56 Å². The summed E-state index contributed by atoms with van der Waals surface area (Å²) in [6.45, 7) is 0.445. The third-order valence-electron chi connectivity index (χ3n) is 4.43. The number of carbonyl (C=O) groups is 1. The second-order valence-corrected chi connectivity index (χ2v) is 6.59. The summed E-state index contributed by atoms with van der Waals surface area (Å²) in [6, 6.07) is 22.4. The van der Waals surface area contributed by atoms with Gasteiger partial charge in [-0.25, -0.2) is 4.68 Å². The largest absolute Gasteiger partial charge is 0.347 e. The minimum absolute atomic E-state index is 0.000300. The number of hydrogen-bond acceptors (Lipinski definition) is 6. The Morgan fingerprint density at radius 3 is 2.47 bits per heavy atom. The molecule has 4 rings (SSSR count). The van der Waals surface area contributed by atoms with Crippen molar-refractivity contribution in [2.45, 2.75) is 13.0 Å². The van der Waals surface area contributed by atoms with Gasteiger partial charge in [0.15, 0.2) is 5.82 Å². The fourth-order valence-corrected chi connectivity index (χ4v) is 2.91. The first-order valence-electron chi connectivity index (χ1n) is 9.47. The molecule has 0 unspecified atom stereocenters. The Kier molecular flexibility index (Phi) is 5.75. The van der Waals surface area contributed by atoms with Crippen molar-refractivity contribution in [1.29, 1.82) is 0 Å². The van der Waals surface area contributed by atoms with Crippen LogP contribution in [0.3, 0.4) is 0 Å². The molecule has 0 radical (unpaired) electrons. The van der Waals surface area contributed by atoms with Crippen molar-refractivity contribution in [2.24, 2.45) is 0 Å². The van der Waals surface area contributed by atoms with Crippen molar-refractivity contribution < 1.29 is 9.32 Å². The summed E-state index contributed by atoms with van der Waals surface area (Å²) >= 11 is 0. The molecule has 30 heavy (non-hydrogen) atoms. The molecule has 2 aromatic heterocycles. The quantitative estimate of drug-likeness (QED) is 0.510. The van der Waals surface area contributed by atoms with Crippen LogP contribution in [0, 0.1) is 0 Å². The smallest absolute Gasteiger partial charge is 0.316 e. The average molecular weight is 401 g/mol. The molecule has 4 aromatic rings. The van der Waals surface area contributed by atoms with E-state index in [2.05, 4.69) is 20.6 Å². The number of carbonyl (C=O) groups excluding carboxylic acids is 1. The molecule has 2 heterocycles. The van der Waals surface area contributed by atoms with Gasteiger partial charge in [0.05, 0.1) is 5.69 Å². The minimum Gasteiger partial charge on any atom is -0.347 e. The van der Waals surface area contributed by atoms with Gasteiger partial charge in [-0.1, -0.05) is 65.8 Å². The summed E-state index contributed by atoms with van der Waals surface area (Å²) < 4.78 is 6.28. The van der Waals surface area contributed by atoms with E-state index < -0.39 is 5.91 Å². The Balaban J connectivity index is 1.41. The van der Waals surface area contributed by atoms with Crippen LogP contribution in [0.25, 0.3) is 11.3 Å². The maximum absolute atomic E-state index is 12.2. The molecule has 8 heteroatoms. The van der Waals surface area contributed by atoms with Crippen LogP contribution in [-0.2, 0) is 13.0 Å². The average Bonchev–Trinajstić information content (AvgIpc) is 3.25. The van der Waals surface area contributed by atoms with Crippen LogP contribution in [0.2, 0.25) is 0 Å². The summed E-state index contributed by atoms with van der Waals surface area (Å²) in [5, 5.41) is 10.9. The van der Waals surface area contributed by atoms with Crippen LogP contribution < -0.4 is 10.9 Å². The SMILES string of the molecule is O=C(NCCc1ccccc1)c1nc(Cn2nc(-c3ccccc3)ccc2=O)no1. The highest BCUT2D eigenvalue weighted by molar-refractivity contribution is 5.89. The van der Waals surface area contributed by atoms with E-state index in [1.807, 2.05) is 60.7 Å². The molecular formula is C22H19N5O3. The second-order valence-electron chi connectivity index (χ2n) is 6.59. The van der Waals surface area contributed by atoms with Gasteiger partial charge < -0.3 is 9.84 Å². The molecule has 0 fully saturated rings. The van der Waals surface area contributed by atoms with Gasteiger partial charge in [0.2, 0.25) is 0 Å². The van der Waals surface area contributed by atoms with Crippen LogP contribution in [0.5, 0.6) is 0 Å². The fraction of sp³-hybridized carbons (Fsp3) is 0.136. The Morgan fingerprint density at radius 1 is 0.967 bits per heavy atom. The van der Waals surface area contributed by atoms with Gasteiger partial charge in [-0.15, -0.1) is 0 Å². The Morgan fingerprint density at radius 2 is 1.70 bits per heavy atom. The highest BCUT2D eigenvalue weighted by atomic mass is 16.5. The van der Waals surface area contributed by atoms with Crippen LogP contribution in [0.15, 0.2) is 82.1 Å². The molecule has 2 aromatic carbocycles. The predicted molar refractivity (Wildman–Crippen MR) is 110 cm³/mol. The zero-order chi connectivity index (χ0) is 20.8. The first kappa shape index (κ1) is 19.3. The van der Waals surface area contributed by atoms with E-state index in [9.17, 15) is 9.59 Å². The van der Waals surface area contributed by atoms with Gasteiger partial charge in [-0.2, -0.15) is 10.1 Å². The number of nitrogens with one attached hydrogen (secondary N) is 1. The standard InChI is InChI=1S/C22H19N5O3/c28-20-12-11-18(17-9-5-2-6-10-17)25-27(20)15-19-24-22(30-26-19)21(29)23-14-13-16-7-3-1-4-8-16/h1-12H,13-15H2,(H,23,29). The van der Waals surface area contributed by atoms with E-state index in [0.29, 0.717) is 18.7 Å². The number of aromatic nitrogens is 4. The maximum Gasteiger partial charge on any atom is 0.316 e. The maximum atomic E-state index is 12.2. The van der Waals surface area contributed by atoms with Gasteiger partial charge >= 0.3 is 11.8 Å². The van der Waals surface area contributed by atoms with Gasteiger partial charge in [-0.05, 0) is 18.1 Å². The van der Waals surface area contributed by atoms with E-state index in [4.69, 9.17) is 4.52 Å². The first-order valence-corrected chi connectivity index (χ1v) is 9.47. The highest BCUT2D eigenvalue weighted by Gasteiger charge is 2.16. The van der Waals surface area contributed by atoms with E-state index in [1.165, 1.54) is 10.7 Å². The molecule has 1 amide bonds. The van der Waals surface area contributed by atoms with Crippen LogP contribution in [0.4, 0.5) is 0 Å². The van der Waals surface area contributed by atoms with Crippen molar-refractivity contribution >= 4 is 5.91 Å². The number of benzene rings is 2. The lowest BCUT2D eigenvalue weighted by molar-refractivity contribution is 0.0910. The third kappa shape index (κ3) is 4.67. The number of rotatable bonds is 7. The molecule has 0 atom stereocenters. The van der Waals surface area contributed by atoms with Crippen LogP contribution in [0.1, 0.15) is 22.1 Å². The van der Waals surface area contributed by atoms with Crippen molar-refractivity contribution in [1.82, 2.24) is 25.2 Å². The summed E-state index contributed by atoms with van der Waals surface area (Å²) in [5.41, 5.74) is 2.36. The molecule has 0 saturated carbocycles. The summed E-state index contributed by atoms with van der Waals surface area (Å²) in [5.74, 6) is -0.406. The second kappa shape index (κ2) is 8.95. The monoisotopic (exact) mass is 401 g/mol. The number of nitrogens with zero attached hydrogens (tertiary/aromatic N) is 4. The van der Waals surface area contributed by atoms with Gasteiger partial charge in [0, 0.05) is 18.2 Å². The topological polar surface area (TPSA) is 103 Å². The van der Waals surface area contributed by atoms with E-state index in [1.54, 1.807) is 6.07 Å². The lowest BCUT2D eigenvalue weighted by atomic mass is 10.1. The van der Waals surface area contributed by atoms with Crippen molar-refractivity contribution in [3.05, 3.63) is 100 Å². The summed E-state index contributed by atoms with van der Waals surface area (Å²) in [4.78, 5) is 28.5. The molecule has 0 aliphatic heterocycles. The molecule has 150 valence electrons. The van der Waals surface area contributed by atoms with Crippen molar-refractivity contribution in [3.8, 4) is 11.3 Å². The molecule has 0 spiro atoms. The predicted octanol–water partition coefficient (Wildman–Crippen LogP) is 2.31. The van der Waals surface area contributed by atoms with Crippen LogP contribution >= 0.6 is 0 Å². The highest BCUT2D eigenvalue weighted by Crippen LogP contribution is 2.14. The Labute approximate surface area is 172 Å². The lowest BCUT2D eigenvalue weighted by Gasteiger charge is -2.05. The Bertz CT molecular complexity index is 1190. The van der Waals surface area contributed by atoms with E-state index >= 15 is 0 Å². The molecule has 0 aliphatic rings. The summed E-state index contributed by atoms with van der Waals surface area (Å²) in [6.07, 6.45) is 0.694. The number of hydrogen-bond donors (Lipinski definition) is 1. The lowest BCUT2D eigenvalue weighted by Crippen LogP contribution is -2.26. The molecule has 0 aliphatic carbocycles. The zero-order valence-corrected chi connectivity index (χ0v) is 16.1. The minimum atomic E-state index is -0.456. The number of amides is 1. The van der Waals surface area contributed by atoms with Crippen LogP contribution in [-0.4, -0.2) is 32.4 Å². The normalized spacial score (nSPS) is 10.7. The van der Waals surface area contributed by atoms with Crippen molar-refractivity contribution in [3.63, 3.8) is 0 Å². The molecule has 1 N–H and O–H groups in total. The molecular weight excluding hydrogens is 382 g/mol. The van der Waals surface area contributed by atoms with E-state index in [-0.39, 0.29) is 23.8 Å². The molecule has 0 bridgehead atoms. The van der Waals surface area contributed by atoms with E-state index in [0.717, 1.165) is 11.1 Å². The first-order chi connectivity index (χ1) is 14.7. The summed E-state index contributed by atoms with van der Waals surface area (Å²) in [7, 11) is 0.